The van der Waals surface area contributed by atoms with Gasteiger partial charge in [0.25, 0.3) is 5.91 Å². The number of hydrogen-bond acceptors (Lipinski definition) is 5. The molecule has 1 amide bonds. The third-order valence-corrected chi connectivity index (χ3v) is 4.26. The number of hydrogen-bond donors (Lipinski definition) is 1. The Morgan fingerprint density at radius 1 is 1.19 bits per heavy atom. The molecular formula is C20H19N3O4. The van der Waals surface area contributed by atoms with Crippen molar-refractivity contribution < 1.29 is 19.0 Å². The van der Waals surface area contributed by atoms with Crippen LogP contribution in [0, 0.1) is 0 Å². The fraction of sp³-hybridized carbons (Fsp3) is 0.200. The minimum absolute atomic E-state index is 0.162. The summed E-state index contributed by atoms with van der Waals surface area (Å²) >= 11 is 0. The van der Waals surface area contributed by atoms with E-state index in [0.717, 1.165) is 11.3 Å². The highest BCUT2D eigenvalue weighted by Crippen LogP contribution is 2.31. The van der Waals surface area contributed by atoms with Crippen LogP contribution in [-0.4, -0.2) is 35.5 Å². The van der Waals surface area contributed by atoms with E-state index in [1.165, 1.54) is 0 Å². The maximum atomic E-state index is 12.6. The van der Waals surface area contributed by atoms with Crippen molar-refractivity contribution in [3.05, 3.63) is 66.4 Å². The number of fused-ring (bicyclic) bond motifs is 1. The number of aromatic nitrogens is 2. The van der Waals surface area contributed by atoms with Crippen LogP contribution in [0.25, 0.3) is 0 Å². The summed E-state index contributed by atoms with van der Waals surface area (Å²) in [5, 5.41) is 7.15. The van der Waals surface area contributed by atoms with Crippen molar-refractivity contribution in [1.29, 1.82) is 0 Å². The number of amides is 1. The summed E-state index contributed by atoms with van der Waals surface area (Å²) in [5.41, 5.74) is 1.04. The van der Waals surface area contributed by atoms with Gasteiger partial charge in [-0.15, -0.1) is 0 Å². The van der Waals surface area contributed by atoms with Crippen molar-refractivity contribution in [3.8, 4) is 17.2 Å². The van der Waals surface area contributed by atoms with Gasteiger partial charge >= 0.3 is 0 Å². The summed E-state index contributed by atoms with van der Waals surface area (Å²) in [6, 6.07) is 16.7. The van der Waals surface area contributed by atoms with Gasteiger partial charge in [-0.2, -0.15) is 5.10 Å². The molecule has 1 atom stereocenters. The predicted molar refractivity (Wildman–Crippen MR) is 99.3 cm³/mol. The topological polar surface area (TPSA) is 74.6 Å². The van der Waals surface area contributed by atoms with E-state index in [0.29, 0.717) is 23.9 Å². The summed E-state index contributed by atoms with van der Waals surface area (Å²) < 4.78 is 18.2. The second-order valence-electron chi connectivity index (χ2n) is 6.08. The van der Waals surface area contributed by atoms with E-state index < -0.39 is 6.10 Å². The molecule has 1 N–H and O–H groups in total. The molecule has 0 aliphatic carbocycles. The minimum Gasteiger partial charge on any atom is -0.497 e. The number of benzene rings is 2. The Bertz CT molecular complexity index is 936. The van der Waals surface area contributed by atoms with E-state index in [1.54, 1.807) is 30.1 Å². The number of nitrogens with one attached hydrogen (secondary N) is 1. The fourth-order valence-corrected chi connectivity index (χ4v) is 2.82. The number of nitrogens with zero attached hydrogens (tertiary/aromatic N) is 2. The van der Waals surface area contributed by atoms with Crippen molar-refractivity contribution in [2.75, 3.05) is 19.0 Å². The molecule has 0 saturated carbocycles. The molecule has 138 valence electrons. The van der Waals surface area contributed by atoms with Gasteiger partial charge in [-0.1, -0.05) is 24.3 Å². The molecule has 1 aromatic heterocycles. The van der Waals surface area contributed by atoms with Gasteiger partial charge in [0, 0.05) is 6.07 Å². The molecule has 0 bridgehead atoms. The summed E-state index contributed by atoms with van der Waals surface area (Å²) in [6.45, 7) is 0.687. The predicted octanol–water partition coefficient (Wildman–Crippen LogP) is 2.72. The number of carbonyl (C=O) groups is 1. The van der Waals surface area contributed by atoms with Crippen LogP contribution in [-0.2, 0) is 11.3 Å². The lowest BCUT2D eigenvalue weighted by Crippen LogP contribution is -2.40. The molecule has 3 aromatic rings. The summed E-state index contributed by atoms with van der Waals surface area (Å²) in [7, 11) is 1.63. The van der Waals surface area contributed by atoms with Crippen LogP contribution >= 0.6 is 0 Å². The first-order chi connectivity index (χ1) is 13.2. The highest BCUT2D eigenvalue weighted by Gasteiger charge is 2.27. The van der Waals surface area contributed by atoms with E-state index in [1.807, 2.05) is 42.5 Å². The van der Waals surface area contributed by atoms with Crippen LogP contribution < -0.4 is 19.5 Å². The van der Waals surface area contributed by atoms with Gasteiger partial charge in [0.05, 0.1) is 19.9 Å². The molecule has 2 aromatic carbocycles. The molecule has 2 heterocycles. The Hall–Kier alpha value is -3.48. The Morgan fingerprint density at radius 3 is 2.74 bits per heavy atom. The molecule has 7 heteroatoms. The number of rotatable bonds is 5. The quantitative estimate of drug-likeness (QED) is 0.752. The van der Waals surface area contributed by atoms with Gasteiger partial charge in [-0.25, -0.2) is 4.68 Å². The highest BCUT2D eigenvalue weighted by molar-refractivity contribution is 5.94. The second kappa shape index (κ2) is 7.41. The molecule has 0 spiro atoms. The number of anilines is 1. The number of para-hydroxylation sites is 2. The molecule has 27 heavy (non-hydrogen) atoms. The van der Waals surface area contributed by atoms with Gasteiger partial charge in [-0.3, -0.25) is 4.79 Å². The highest BCUT2D eigenvalue weighted by atomic mass is 16.6. The molecule has 4 rings (SSSR count). The molecular weight excluding hydrogens is 346 g/mol. The first-order valence-electron chi connectivity index (χ1n) is 8.57. The SMILES string of the molecule is COc1ccc(Cn2nccc2NC(=O)[C@@H]2COc3ccccc3O2)cc1. The monoisotopic (exact) mass is 365 g/mol. The molecule has 7 nitrogen and oxygen atoms in total. The van der Waals surface area contributed by atoms with Gasteiger partial charge in [0.2, 0.25) is 6.10 Å². The fourth-order valence-electron chi connectivity index (χ4n) is 2.82. The van der Waals surface area contributed by atoms with E-state index >= 15 is 0 Å². The van der Waals surface area contributed by atoms with Crippen molar-refractivity contribution in [3.63, 3.8) is 0 Å². The number of ether oxygens (including phenoxy) is 3. The van der Waals surface area contributed by atoms with Crippen molar-refractivity contribution in [2.45, 2.75) is 12.6 Å². The lowest BCUT2D eigenvalue weighted by molar-refractivity contribution is -0.125. The van der Waals surface area contributed by atoms with Gasteiger partial charge in [0.1, 0.15) is 18.2 Å². The van der Waals surface area contributed by atoms with E-state index in [-0.39, 0.29) is 12.5 Å². The van der Waals surface area contributed by atoms with Crippen LogP contribution in [0.15, 0.2) is 60.8 Å². The zero-order chi connectivity index (χ0) is 18.6. The molecule has 1 aliphatic rings. The summed E-state index contributed by atoms with van der Waals surface area (Å²) in [6.07, 6.45) is 0.927. The lowest BCUT2D eigenvalue weighted by Gasteiger charge is -2.25. The number of carbonyl (C=O) groups excluding carboxylic acids is 1. The number of methoxy groups -OCH3 is 1. The average Bonchev–Trinajstić information content (AvgIpc) is 3.14. The zero-order valence-electron chi connectivity index (χ0n) is 14.8. The summed E-state index contributed by atoms with van der Waals surface area (Å²) in [4.78, 5) is 12.6. The summed E-state index contributed by atoms with van der Waals surface area (Å²) in [5.74, 6) is 2.32. The van der Waals surface area contributed by atoms with Gasteiger partial charge in [-0.05, 0) is 29.8 Å². The smallest absolute Gasteiger partial charge is 0.270 e. The second-order valence-corrected chi connectivity index (χ2v) is 6.08. The first kappa shape index (κ1) is 17.0. The van der Waals surface area contributed by atoms with Crippen LogP contribution in [0.2, 0.25) is 0 Å². The molecule has 0 radical (unpaired) electrons. The normalized spacial score (nSPS) is 15.2. The van der Waals surface area contributed by atoms with Crippen molar-refractivity contribution >= 4 is 11.7 Å². The third kappa shape index (κ3) is 3.72. The Labute approximate surface area is 156 Å². The van der Waals surface area contributed by atoms with Gasteiger partial charge in [0.15, 0.2) is 11.5 Å². The van der Waals surface area contributed by atoms with E-state index in [9.17, 15) is 4.79 Å². The molecule has 0 unspecified atom stereocenters. The Kier molecular flexibility index (Phi) is 4.65. The Balaban J connectivity index is 1.43. The van der Waals surface area contributed by atoms with Gasteiger partial charge < -0.3 is 19.5 Å². The molecule has 0 saturated heterocycles. The Morgan fingerprint density at radius 2 is 1.96 bits per heavy atom. The lowest BCUT2D eigenvalue weighted by atomic mass is 10.2. The average molecular weight is 365 g/mol. The van der Waals surface area contributed by atoms with Crippen LogP contribution in [0.1, 0.15) is 5.56 Å². The molecule has 0 fully saturated rings. The van der Waals surface area contributed by atoms with Crippen LogP contribution in [0.3, 0.4) is 0 Å². The third-order valence-electron chi connectivity index (χ3n) is 4.26. The minimum atomic E-state index is -0.718. The van der Waals surface area contributed by atoms with Crippen molar-refractivity contribution in [2.24, 2.45) is 0 Å². The van der Waals surface area contributed by atoms with E-state index in [2.05, 4.69) is 10.4 Å². The van der Waals surface area contributed by atoms with E-state index in [4.69, 9.17) is 14.2 Å². The molecule has 1 aliphatic heterocycles. The maximum Gasteiger partial charge on any atom is 0.270 e. The van der Waals surface area contributed by atoms with Crippen LogP contribution in [0.4, 0.5) is 5.82 Å². The largest absolute Gasteiger partial charge is 0.497 e. The maximum absolute atomic E-state index is 12.6. The van der Waals surface area contributed by atoms with Crippen LogP contribution in [0.5, 0.6) is 17.2 Å². The first-order valence-corrected chi connectivity index (χ1v) is 8.57. The zero-order valence-corrected chi connectivity index (χ0v) is 14.8. The van der Waals surface area contributed by atoms with Crippen molar-refractivity contribution in [1.82, 2.24) is 9.78 Å². The standard InChI is InChI=1S/C20H19N3O4/c1-25-15-8-6-14(7-9-15)12-23-19(10-11-21-23)22-20(24)18-13-26-16-4-2-3-5-17(16)27-18/h2-11,18H,12-13H2,1H3,(H,22,24)/t18-/m0/s1.